The average molecular weight is 139 g/mol. The lowest BCUT2D eigenvalue weighted by atomic mass is 10.4. The van der Waals surface area contributed by atoms with Gasteiger partial charge >= 0.3 is 0 Å². The maximum Gasteiger partial charge on any atom is 0.273 e. The minimum Gasteiger partial charge on any atom is -0.619 e. The first-order valence-electron chi connectivity index (χ1n) is 2.55. The minimum absolute atomic E-state index is 0.0301. The number of carbonyl (C=O) groups excluding carboxylic acids is 1. The Bertz CT molecular complexity index is 261. The highest BCUT2D eigenvalue weighted by molar-refractivity contribution is 5.90. The van der Waals surface area contributed by atoms with Crippen molar-refractivity contribution in [1.82, 2.24) is 4.98 Å². The third-order valence-corrected chi connectivity index (χ3v) is 0.929. The van der Waals surface area contributed by atoms with Crippen molar-refractivity contribution >= 4 is 5.91 Å². The van der Waals surface area contributed by atoms with E-state index in [0.717, 1.165) is 6.20 Å². The first-order chi connectivity index (χ1) is 4.70. The van der Waals surface area contributed by atoms with Crippen LogP contribution in [0.1, 0.15) is 10.5 Å². The first-order valence-corrected chi connectivity index (χ1v) is 2.55. The Kier molecular flexibility index (Phi) is 1.49. The van der Waals surface area contributed by atoms with E-state index in [1.54, 1.807) is 0 Å². The largest absolute Gasteiger partial charge is 0.619 e. The van der Waals surface area contributed by atoms with E-state index in [9.17, 15) is 10.0 Å². The van der Waals surface area contributed by atoms with Gasteiger partial charge in [-0.1, -0.05) is 0 Å². The molecule has 5 heteroatoms. The maximum atomic E-state index is 10.5. The van der Waals surface area contributed by atoms with Gasteiger partial charge in [0.15, 0.2) is 11.9 Å². The zero-order valence-electron chi connectivity index (χ0n) is 5.02. The first kappa shape index (κ1) is 6.47. The molecule has 1 heterocycles. The number of nitrogens with zero attached hydrogens (tertiary/aromatic N) is 2. The molecule has 10 heavy (non-hydrogen) atoms. The second-order valence-electron chi connectivity index (χ2n) is 1.67. The molecule has 0 aliphatic heterocycles. The lowest BCUT2D eigenvalue weighted by Gasteiger charge is -1.94. The summed E-state index contributed by atoms with van der Waals surface area (Å²) < 4.78 is 0.465. The van der Waals surface area contributed by atoms with Gasteiger partial charge in [-0.05, 0) is 0 Å². The van der Waals surface area contributed by atoms with Gasteiger partial charge in [-0.3, -0.25) is 4.79 Å². The SMILES string of the molecule is NC(=O)c1c[n+]([O-])ccn1. The van der Waals surface area contributed by atoms with Crippen LogP contribution in [-0.2, 0) is 0 Å². The molecule has 0 spiro atoms. The zero-order chi connectivity index (χ0) is 7.56. The fourth-order valence-electron chi connectivity index (χ4n) is 0.503. The molecule has 1 aromatic heterocycles. The molecule has 0 atom stereocenters. The van der Waals surface area contributed by atoms with Crippen molar-refractivity contribution < 1.29 is 9.52 Å². The minimum atomic E-state index is -0.704. The highest BCUT2D eigenvalue weighted by Gasteiger charge is 2.03. The van der Waals surface area contributed by atoms with Gasteiger partial charge in [0.05, 0.1) is 6.20 Å². The van der Waals surface area contributed by atoms with E-state index >= 15 is 0 Å². The van der Waals surface area contributed by atoms with Gasteiger partial charge in [-0.15, -0.1) is 0 Å². The zero-order valence-corrected chi connectivity index (χ0v) is 5.02. The summed E-state index contributed by atoms with van der Waals surface area (Å²) in [6.45, 7) is 0. The summed E-state index contributed by atoms with van der Waals surface area (Å²) in [5, 5.41) is 10.5. The number of amides is 1. The van der Waals surface area contributed by atoms with Crippen molar-refractivity contribution in [2.75, 3.05) is 0 Å². The quantitative estimate of drug-likeness (QED) is 0.392. The van der Waals surface area contributed by atoms with Crippen LogP contribution < -0.4 is 10.5 Å². The molecule has 5 nitrogen and oxygen atoms in total. The Balaban J connectivity index is 3.07. The highest BCUT2D eigenvalue weighted by atomic mass is 16.5. The summed E-state index contributed by atoms with van der Waals surface area (Å²) >= 11 is 0. The van der Waals surface area contributed by atoms with E-state index in [2.05, 4.69) is 4.98 Å². The molecular formula is C5H5N3O2. The number of aromatic nitrogens is 2. The van der Waals surface area contributed by atoms with Crippen LogP contribution in [0.2, 0.25) is 0 Å². The molecule has 1 aromatic rings. The molecular weight excluding hydrogens is 134 g/mol. The standard InChI is InChI=1S/C5H5N3O2/c6-5(9)4-3-8(10)2-1-7-4/h1-3H,(H2,6,9). The van der Waals surface area contributed by atoms with Crippen LogP contribution >= 0.6 is 0 Å². The van der Waals surface area contributed by atoms with E-state index < -0.39 is 5.91 Å². The molecule has 0 aliphatic carbocycles. The molecule has 0 aromatic carbocycles. The second kappa shape index (κ2) is 2.30. The number of primary amides is 1. The molecule has 0 unspecified atom stereocenters. The molecule has 1 amide bonds. The lowest BCUT2D eigenvalue weighted by Crippen LogP contribution is -2.28. The van der Waals surface area contributed by atoms with Gasteiger partial charge in [0.25, 0.3) is 5.91 Å². The number of carbonyl (C=O) groups is 1. The third kappa shape index (κ3) is 1.19. The summed E-state index contributed by atoms with van der Waals surface area (Å²) in [7, 11) is 0. The van der Waals surface area contributed by atoms with Crippen LogP contribution in [0.15, 0.2) is 18.6 Å². The highest BCUT2D eigenvalue weighted by Crippen LogP contribution is 1.83. The lowest BCUT2D eigenvalue weighted by molar-refractivity contribution is -0.606. The molecule has 52 valence electrons. The van der Waals surface area contributed by atoms with Crippen LogP contribution in [-0.4, -0.2) is 10.9 Å². The number of rotatable bonds is 1. The summed E-state index contributed by atoms with van der Waals surface area (Å²) in [5.41, 5.74) is 4.80. The third-order valence-electron chi connectivity index (χ3n) is 0.929. The predicted molar refractivity (Wildman–Crippen MR) is 31.7 cm³/mol. The second-order valence-corrected chi connectivity index (χ2v) is 1.67. The van der Waals surface area contributed by atoms with Crippen LogP contribution in [0, 0.1) is 5.21 Å². The summed E-state index contributed by atoms with van der Waals surface area (Å²) in [6, 6.07) is 0. The Morgan fingerprint density at radius 3 is 2.90 bits per heavy atom. The fraction of sp³-hybridized carbons (Fsp3) is 0. The van der Waals surface area contributed by atoms with Crippen molar-refractivity contribution in [1.29, 1.82) is 0 Å². The normalized spacial score (nSPS) is 9.20. The van der Waals surface area contributed by atoms with Gasteiger partial charge in [-0.2, -0.15) is 4.73 Å². The monoisotopic (exact) mass is 139 g/mol. The molecule has 0 aliphatic rings. The van der Waals surface area contributed by atoms with E-state index in [0.29, 0.717) is 4.73 Å². The molecule has 1 rings (SSSR count). The van der Waals surface area contributed by atoms with Crippen LogP contribution in [0.25, 0.3) is 0 Å². The summed E-state index contributed by atoms with van der Waals surface area (Å²) in [4.78, 5) is 13.9. The van der Waals surface area contributed by atoms with E-state index in [1.807, 2.05) is 0 Å². The van der Waals surface area contributed by atoms with Crippen molar-refractivity contribution in [3.63, 3.8) is 0 Å². The van der Waals surface area contributed by atoms with Crippen molar-refractivity contribution in [2.24, 2.45) is 5.73 Å². The summed E-state index contributed by atoms with van der Waals surface area (Å²) in [6.07, 6.45) is 3.40. The molecule has 2 N–H and O–H groups in total. The van der Waals surface area contributed by atoms with Crippen LogP contribution in [0.5, 0.6) is 0 Å². The average Bonchev–Trinajstić information content (AvgIpc) is 1.88. The van der Waals surface area contributed by atoms with E-state index in [4.69, 9.17) is 5.73 Å². The predicted octanol–water partition coefficient (Wildman–Crippen LogP) is -1.19. The molecule has 0 bridgehead atoms. The van der Waals surface area contributed by atoms with Gasteiger partial charge in [0, 0.05) is 0 Å². The number of hydrogen-bond donors (Lipinski definition) is 1. The number of nitrogens with two attached hydrogens (primary N) is 1. The van der Waals surface area contributed by atoms with E-state index in [-0.39, 0.29) is 5.69 Å². The number of hydrogen-bond acceptors (Lipinski definition) is 3. The van der Waals surface area contributed by atoms with Gasteiger partial charge in [0.1, 0.15) is 0 Å². The van der Waals surface area contributed by atoms with Gasteiger partial charge in [-0.25, -0.2) is 4.98 Å². The topological polar surface area (TPSA) is 82.9 Å². The molecule has 0 radical (unpaired) electrons. The van der Waals surface area contributed by atoms with Gasteiger partial charge in [0.2, 0.25) is 6.20 Å². The Morgan fingerprint density at radius 2 is 2.50 bits per heavy atom. The van der Waals surface area contributed by atoms with Crippen LogP contribution in [0.3, 0.4) is 0 Å². The fourth-order valence-corrected chi connectivity index (χ4v) is 0.503. The van der Waals surface area contributed by atoms with Crippen molar-refractivity contribution in [2.45, 2.75) is 0 Å². The molecule has 0 fully saturated rings. The molecule has 0 saturated carbocycles. The smallest absolute Gasteiger partial charge is 0.273 e. The Hall–Kier alpha value is -1.65. The van der Waals surface area contributed by atoms with Crippen molar-refractivity contribution in [3.8, 4) is 0 Å². The van der Waals surface area contributed by atoms with Gasteiger partial charge < -0.3 is 10.9 Å². The molecule has 0 saturated heterocycles. The van der Waals surface area contributed by atoms with E-state index in [1.165, 1.54) is 12.4 Å². The van der Waals surface area contributed by atoms with Crippen molar-refractivity contribution in [3.05, 3.63) is 29.5 Å². The Morgan fingerprint density at radius 1 is 1.80 bits per heavy atom. The summed E-state index contributed by atoms with van der Waals surface area (Å²) in [5.74, 6) is -0.704. The van der Waals surface area contributed by atoms with Crippen LogP contribution in [0.4, 0.5) is 0 Å². The Labute approximate surface area is 56.7 Å². The maximum absolute atomic E-state index is 10.5.